The van der Waals surface area contributed by atoms with Gasteiger partial charge in [0.25, 0.3) is 0 Å². The Hall–Kier alpha value is -0.690. The van der Waals surface area contributed by atoms with Gasteiger partial charge in [0, 0.05) is 44.3 Å². The summed E-state index contributed by atoms with van der Waals surface area (Å²) in [4.78, 5) is 4.55. The van der Waals surface area contributed by atoms with Gasteiger partial charge < -0.3 is 14.6 Å². The SMILES string of the molecule is OC(CN1CCOCC1)CN1CCOC(c2ccc(Cl)cc2)C1. The number of hydrogen-bond donors (Lipinski definition) is 1. The van der Waals surface area contributed by atoms with Crippen LogP contribution in [0.4, 0.5) is 0 Å². The highest BCUT2D eigenvalue weighted by Gasteiger charge is 2.24. The highest BCUT2D eigenvalue weighted by molar-refractivity contribution is 6.30. The van der Waals surface area contributed by atoms with E-state index in [0.29, 0.717) is 19.7 Å². The number of aliphatic hydroxyl groups is 1. The van der Waals surface area contributed by atoms with Gasteiger partial charge in [0.2, 0.25) is 0 Å². The summed E-state index contributed by atoms with van der Waals surface area (Å²) in [7, 11) is 0. The van der Waals surface area contributed by atoms with Gasteiger partial charge in [-0.3, -0.25) is 9.80 Å². The van der Waals surface area contributed by atoms with E-state index in [1.54, 1.807) is 0 Å². The molecule has 1 aromatic carbocycles. The van der Waals surface area contributed by atoms with Crippen molar-refractivity contribution >= 4 is 11.6 Å². The average Bonchev–Trinajstić information content (AvgIpc) is 2.56. The van der Waals surface area contributed by atoms with Crippen molar-refractivity contribution in [2.45, 2.75) is 12.2 Å². The molecule has 2 atom stereocenters. The van der Waals surface area contributed by atoms with Gasteiger partial charge in [-0.15, -0.1) is 0 Å². The zero-order valence-electron chi connectivity index (χ0n) is 13.4. The van der Waals surface area contributed by atoms with E-state index in [9.17, 15) is 5.11 Å². The van der Waals surface area contributed by atoms with E-state index in [2.05, 4.69) is 9.80 Å². The molecule has 2 aliphatic rings. The number of β-amino-alcohol motifs (C(OH)–C–C–N with tert-alkyl or cyclic N) is 1. The third-order valence-electron chi connectivity index (χ3n) is 4.43. The highest BCUT2D eigenvalue weighted by Crippen LogP contribution is 2.23. The summed E-state index contributed by atoms with van der Waals surface area (Å²) >= 11 is 5.94. The van der Waals surface area contributed by atoms with Crippen LogP contribution >= 0.6 is 11.6 Å². The fourth-order valence-electron chi connectivity index (χ4n) is 3.19. The topological polar surface area (TPSA) is 45.2 Å². The largest absolute Gasteiger partial charge is 0.390 e. The van der Waals surface area contributed by atoms with Crippen LogP contribution in [-0.4, -0.2) is 80.1 Å². The van der Waals surface area contributed by atoms with Crippen LogP contribution in [0.1, 0.15) is 11.7 Å². The molecule has 2 aliphatic heterocycles. The molecule has 2 fully saturated rings. The molecule has 0 aliphatic carbocycles. The minimum Gasteiger partial charge on any atom is -0.390 e. The number of benzene rings is 1. The molecule has 23 heavy (non-hydrogen) atoms. The molecule has 6 heteroatoms. The molecule has 0 amide bonds. The van der Waals surface area contributed by atoms with E-state index in [0.717, 1.165) is 50.0 Å². The molecule has 3 rings (SSSR count). The number of hydrogen-bond acceptors (Lipinski definition) is 5. The maximum absolute atomic E-state index is 10.4. The van der Waals surface area contributed by atoms with E-state index < -0.39 is 0 Å². The summed E-state index contributed by atoms with van der Waals surface area (Å²) in [6.45, 7) is 7.12. The second kappa shape index (κ2) is 8.42. The Morgan fingerprint density at radius 3 is 2.43 bits per heavy atom. The van der Waals surface area contributed by atoms with Gasteiger partial charge in [-0.1, -0.05) is 23.7 Å². The number of nitrogens with zero attached hydrogens (tertiary/aromatic N) is 2. The fraction of sp³-hybridized carbons (Fsp3) is 0.647. The van der Waals surface area contributed by atoms with Crippen molar-refractivity contribution in [1.29, 1.82) is 0 Å². The molecule has 0 saturated carbocycles. The van der Waals surface area contributed by atoms with E-state index >= 15 is 0 Å². The molecule has 0 spiro atoms. The van der Waals surface area contributed by atoms with E-state index in [1.165, 1.54) is 0 Å². The molecule has 5 nitrogen and oxygen atoms in total. The molecule has 0 bridgehead atoms. The Labute approximate surface area is 142 Å². The number of rotatable bonds is 5. The Kier molecular flexibility index (Phi) is 6.28. The Morgan fingerprint density at radius 1 is 1.04 bits per heavy atom. The second-order valence-electron chi connectivity index (χ2n) is 6.24. The summed E-state index contributed by atoms with van der Waals surface area (Å²) in [5.74, 6) is 0. The van der Waals surface area contributed by atoms with Crippen LogP contribution in [0.3, 0.4) is 0 Å². The fourth-order valence-corrected chi connectivity index (χ4v) is 3.31. The molecular formula is C17H25ClN2O3. The van der Waals surface area contributed by atoms with Crippen LogP contribution in [0.2, 0.25) is 5.02 Å². The van der Waals surface area contributed by atoms with Gasteiger partial charge in [-0.25, -0.2) is 0 Å². The summed E-state index contributed by atoms with van der Waals surface area (Å²) in [5, 5.41) is 11.1. The first-order chi connectivity index (χ1) is 11.2. The molecule has 0 aromatic heterocycles. The quantitative estimate of drug-likeness (QED) is 0.878. The van der Waals surface area contributed by atoms with Gasteiger partial charge in [0.1, 0.15) is 0 Å². The summed E-state index contributed by atoms with van der Waals surface area (Å²) < 4.78 is 11.2. The monoisotopic (exact) mass is 340 g/mol. The van der Waals surface area contributed by atoms with Crippen LogP contribution in [0, 0.1) is 0 Å². The number of morpholine rings is 2. The third-order valence-corrected chi connectivity index (χ3v) is 4.69. The lowest BCUT2D eigenvalue weighted by Crippen LogP contribution is -2.47. The highest BCUT2D eigenvalue weighted by atomic mass is 35.5. The molecular weight excluding hydrogens is 316 g/mol. The number of halogens is 1. The first-order valence-electron chi connectivity index (χ1n) is 8.28. The minimum atomic E-state index is -0.336. The molecule has 2 heterocycles. The lowest BCUT2D eigenvalue weighted by Gasteiger charge is -2.35. The molecule has 2 saturated heterocycles. The Bertz CT molecular complexity index is 479. The van der Waals surface area contributed by atoms with Crippen LogP contribution in [0.15, 0.2) is 24.3 Å². The summed E-state index contributed by atoms with van der Waals surface area (Å²) in [5.41, 5.74) is 1.14. The molecule has 0 radical (unpaired) electrons. The Morgan fingerprint density at radius 2 is 1.70 bits per heavy atom. The lowest BCUT2D eigenvalue weighted by atomic mass is 10.1. The van der Waals surface area contributed by atoms with E-state index in [1.807, 2.05) is 24.3 Å². The smallest absolute Gasteiger partial charge is 0.0952 e. The van der Waals surface area contributed by atoms with Crippen molar-refractivity contribution in [1.82, 2.24) is 9.80 Å². The lowest BCUT2D eigenvalue weighted by molar-refractivity contribution is -0.0486. The zero-order chi connectivity index (χ0) is 16.1. The molecule has 1 aromatic rings. The maximum atomic E-state index is 10.4. The normalized spacial score (nSPS) is 25.4. The summed E-state index contributed by atoms with van der Waals surface area (Å²) in [6, 6.07) is 7.82. The average molecular weight is 341 g/mol. The molecule has 2 unspecified atom stereocenters. The van der Waals surface area contributed by atoms with Crippen LogP contribution in [-0.2, 0) is 9.47 Å². The summed E-state index contributed by atoms with van der Waals surface area (Å²) in [6.07, 6.45) is -0.284. The van der Waals surface area contributed by atoms with Gasteiger partial charge in [0.05, 0.1) is 32.0 Å². The van der Waals surface area contributed by atoms with Crippen LogP contribution in [0.25, 0.3) is 0 Å². The van der Waals surface area contributed by atoms with Crippen molar-refractivity contribution in [3.05, 3.63) is 34.9 Å². The number of ether oxygens (including phenoxy) is 2. The van der Waals surface area contributed by atoms with Crippen molar-refractivity contribution in [2.75, 3.05) is 59.1 Å². The van der Waals surface area contributed by atoms with Gasteiger partial charge in [-0.05, 0) is 17.7 Å². The van der Waals surface area contributed by atoms with Crippen molar-refractivity contribution in [2.24, 2.45) is 0 Å². The third kappa shape index (κ3) is 5.14. The molecule has 1 N–H and O–H groups in total. The van der Waals surface area contributed by atoms with Crippen molar-refractivity contribution in [3.63, 3.8) is 0 Å². The van der Waals surface area contributed by atoms with E-state index in [4.69, 9.17) is 21.1 Å². The van der Waals surface area contributed by atoms with Crippen molar-refractivity contribution in [3.8, 4) is 0 Å². The first kappa shape index (κ1) is 17.1. The predicted octanol–water partition coefficient (Wildman–Crippen LogP) is 1.41. The van der Waals surface area contributed by atoms with Gasteiger partial charge >= 0.3 is 0 Å². The van der Waals surface area contributed by atoms with Crippen molar-refractivity contribution < 1.29 is 14.6 Å². The maximum Gasteiger partial charge on any atom is 0.0952 e. The van der Waals surface area contributed by atoms with Gasteiger partial charge in [0.15, 0.2) is 0 Å². The van der Waals surface area contributed by atoms with Gasteiger partial charge in [-0.2, -0.15) is 0 Å². The first-order valence-corrected chi connectivity index (χ1v) is 8.66. The Balaban J connectivity index is 1.48. The predicted molar refractivity (Wildman–Crippen MR) is 89.9 cm³/mol. The standard InChI is InChI=1S/C17H25ClN2O3/c18-15-3-1-14(2-4-15)17-13-20(7-10-23-17)12-16(21)11-19-5-8-22-9-6-19/h1-4,16-17,21H,5-13H2. The van der Waals surface area contributed by atoms with Crippen LogP contribution in [0.5, 0.6) is 0 Å². The van der Waals surface area contributed by atoms with E-state index in [-0.39, 0.29) is 12.2 Å². The zero-order valence-corrected chi connectivity index (χ0v) is 14.1. The molecule has 128 valence electrons. The van der Waals surface area contributed by atoms with Crippen LogP contribution < -0.4 is 0 Å². The minimum absolute atomic E-state index is 0.0524. The second-order valence-corrected chi connectivity index (χ2v) is 6.67. The number of aliphatic hydroxyl groups excluding tert-OH is 1.